The van der Waals surface area contributed by atoms with Gasteiger partial charge in [-0.1, -0.05) is 13.3 Å². The summed E-state index contributed by atoms with van der Waals surface area (Å²) in [6, 6.07) is 0.374. The van der Waals surface area contributed by atoms with E-state index < -0.39 is 5.97 Å². The summed E-state index contributed by atoms with van der Waals surface area (Å²) in [7, 11) is 1.34. The first-order valence-electron chi connectivity index (χ1n) is 6.58. The van der Waals surface area contributed by atoms with Crippen molar-refractivity contribution in [2.75, 3.05) is 12.8 Å². The Balaban J connectivity index is 2.11. The number of nitrogens with two attached hydrogens (primary N) is 1. The first-order valence-corrected chi connectivity index (χ1v) is 6.58. The molecule has 2 rings (SSSR count). The van der Waals surface area contributed by atoms with Gasteiger partial charge in [0.2, 0.25) is 0 Å². The molecule has 1 aromatic rings. The van der Waals surface area contributed by atoms with Crippen molar-refractivity contribution in [3.63, 3.8) is 0 Å². The Morgan fingerprint density at radius 3 is 2.72 bits per heavy atom. The summed E-state index contributed by atoms with van der Waals surface area (Å²) in [5, 5.41) is 0. The molecule has 5 nitrogen and oxygen atoms in total. The Kier molecular flexibility index (Phi) is 3.89. The number of aromatic nitrogens is 2. The number of imidazole rings is 1. The van der Waals surface area contributed by atoms with Gasteiger partial charge in [-0.2, -0.15) is 0 Å². The number of nitrogen functional groups attached to an aromatic ring is 1. The number of carbonyl (C=O) groups excluding carboxylic acids is 1. The fourth-order valence-corrected chi connectivity index (χ4v) is 2.75. The zero-order valence-electron chi connectivity index (χ0n) is 11.1. The van der Waals surface area contributed by atoms with Gasteiger partial charge in [0.25, 0.3) is 0 Å². The highest BCUT2D eigenvalue weighted by Crippen LogP contribution is 2.35. The highest BCUT2D eigenvalue weighted by Gasteiger charge is 2.25. The summed E-state index contributed by atoms with van der Waals surface area (Å²) in [6.45, 7) is 2.24. The van der Waals surface area contributed by atoms with Gasteiger partial charge in [0.1, 0.15) is 5.82 Å². The average Bonchev–Trinajstić information content (AvgIpc) is 2.80. The van der Waals surface area contributed by atoms with E-state index in [4.69, 9.17) is 5.73 Å². The standard InChI is InChI=1S/C13H21N3O2/c1-3-9-4-6-10(7-5-9)16-8-15-11(12(16)14)13(17)18-2/h8-10H,3-7,14H2,1-2H3. The number of nitrogens with zero attached hydrogens (tertiary/aromatic N) is 2. The Bertz CT molecular complexity index is 420. The molecule has 100 valence electrons. The normalized spacial score (nSPS) is 23.9. The predicted molar refractivity (Wildman–Crippen MR) is 69.3 cm³/mol. The van der Waals surface area contributed by atoms with Crippen molar-refractivity contribution in [2.24, 2.45) is 5.92 Å². The predicted octanol–water partition coefficient (Wildman–Crippen LogP) is 2.39. The molecule has 0 atom stereocenters. The van der Waals surface area contributed by atoms with Crippen molar-refractivity contribution in [2.45, 2.75) is 45.1 Å². The summed E-state index contributed by atoms with van der Waals surface area (Å²) in [6.07, 6.45) is 7.59. The number of rotatable bonds is 3. The van der Waals surface area contributed by atoms with Crippen molar-refractivity contribution < 1.29 is 9.53 Å². The van der Waals surface area contributed by atoms with Gasteiger partial charge in [0, 0.05) is 6.04 Å². The van der Waals surface area contributed by atoms with Crippen molar-refractivity contribution in [3.05, 3.63) is 12.0 Å². The van der Waals surface area contributed by atoms with Crippen LogP contribution < -0.4 is 5.73 Å². The molecule has 0 aliphatic heterocycles. The Morgan fingerprint density at radius 2 is 2.17 bits per heavy atom. The highest BCUT2D eigenvalue weighted by atomic mass is 16.5. The lowest BCUT2D eigenvalue weighted by atomic mass is 9.84. The lowest BCUT2D eigenvalue weighted by Crippen LogP contribution is -2.19. The van der Waals surface area contributed by atoms with Crippen molar-refractivity contribution in [1.82, 2.24) is 9.55 Å². The van der Waals surface area contributed by atoms with Gasteiger partial charge in [-0.05, 0) is 31.6 Å². The second kappa shape index (κ2) is 5.42. The lowest BCUT2D eigenvalue weighted by Gasteiger charge is -2.29. The Hall–Kier alpha value is -1.52. The zero-order valence-corrected chi connectivity index (χ0v) is 11.1. The molecule has 1 aliphatic carbocycles. The van der Waals surface area contributed by atoms with Gasteiger partial charge in [-0.15, -0.1) is 0 Å². The second-order valence-electron chi connectivity index (χ2n) is 4.96. The molecule has 1 aliphatic rings. The van der Waals surface area contributed by atoms with Crippen LogP contribution in [0.2, 0.25) is 0 Å². The minimum atomic E-state index is -0.464. The zero-order chi connectivity index (χ0) is 13.1. The van der Waals surface area contributed by atoms with Crippen molar-refractivity contribution in [1.29, 1.82) is 0 Å². The summed E-state index contributed by atoms with van der Waals surface area (Å²) in [4.78, 5) is 15.5. The Morgan fingerprint density at radius 1 is 1.50 bits per heavy atom. The Labute approximate surface area is 107 Å². The minimum Gasteiger partial charge on any atom is -0.464 e. The third kappa shape index (κ3) is 2.35. The lowest BCUT2D eigenvalue weighted by molar-refractivity contribution is 0.0596. The second-order valence-corrected chi connectivity index (χ2v) is 4.96. The molecule has 0 bridgehead atoms. The molecular weight excluding hydrogens is 230 g/mol. The van der Waals surface area contributed by atoms with Crippen molar-refractivity contribution >= 4 is 11.8 Å². The van der Waals surface area contributed by atoms with Crippen LogP contribution in [0.3, 0.4) is 0 Å². The van der Waals surface area contributed by atoms with Crippen molar-refractivity contribution in [3.8, 4) is 0 Å². The summed E-state index contributed by atoms with van der Waals surface area (Å²) in [5.41, 5.74) is 6.21. The molecule has 0 spiro atoms. The summed E-state index contributed by atoms with van der Waals surface area (Å²) in [5.74, 6) is 0.807. The SMILES string of the molecule is CCC1CCC(n2cnc(C(=O)OC)c2N)CC1. The number of hydrogen-bond acceptors (Lipinski definition) is 4. The molecule has 2 N–H and O–H groups in total. The fourth-order valence-electron chi connectivity index (χ4n) is 2.75. The number of methoxy groups -OCH3 is 1. The van der Waals surface area contributed by atoms with E-state index in [0.29, 0.717) is 11.9 Å². The molecule has 0 saturated heterocycles. The molecule has 1 saturated carbocycles. The van der Waals surface area contributed by atoms with E-state index in [0.717, 1.165) is 18.8 Å². The number of ether oxygens (including phenoxy) is 1. The topological polar surface area (TPSA) is 70.1 Å². The number of carbonyl (C=O) groups is 1. The molecule has 0 radical (unpaired) electrons. The van der Waals surface area contributed by atoms with Gasteiger partial charge in [-0.3, -0.25) is 0 Å². The van der Waals surface area contributed by atoms with Gasteiger partial charge in [0.05, 0.1) is 13.4 Å². The molecule has 0 amide bonds. The van der Waals surface area contributed by atoms with Gasteiger partial charge in [0.15, 0.2) is 5.69 Å². The largest absolute Gasteiger partial charge is 0.464 e. The van der Waals surface area contributed by atoms with Crippen LogP contribution in [0.4, 0.5) is 5.82 Å². The molecular formula is C13H21N3O2. The van der Waals surface area contributed by atoms with Crippen LogP contribution in [-0.2, 0) is 4.74 Å². The smallest absolute Gasteiger partial charge is 0.360 e. The van der Waals surface area contributed by atoms with E-state index in [1.165, 1.54) is 26.4 Å². The van der Waals surface area contributed by atoms with Crippen LogP contribution in [-0.4, -0.2) is 22.6 Å². The summed E-state index contributed by atoms with van der Waals surface area (Å²) < 4.78 is 6.59. The number of anilines is 1. The van der Waals surface area contributed by atoms with E-state index in [1.54, 1.807) is 6.33 Å². The van der Waals surface area contributed by atoms with Crippen LogP contribution >= 0.6 is 0 Å². The third-order valence-electron chi connectivity index (χ3n) is 4.00. The highest BCUT2D eigenvalue weighted by molar-refractivity contribution is 5.92. The molecule has 1 fully saturated rings. The monoisotopic (exact) mass is 251 g/mol. The molecule has 18 heavy (non-hydrogen) atoms. The average molecular weight is 251 g/mol. The van der Waals surface area contributed by atoms with E-state index in [2.05, 4.69) is 16.6 Å². The third-order valence-corrected chi connectivity index (χ3v) is 4.00. The maximum Gasteiger partial charge on any atom is 0.360 e. The van der Waals surface area contributed by atoms with Crippen LogP contribution in [0.25, 0.3) is 0 Å². The maximum absolute atomic E-state index is 11.5. The minimum absolute atomic E-state index is 0.232. The maximum atomic E-state index is 11.5. The quantitative estimate of drug-likeness (QED) is 0.837. The van der Waals surface area contributed by atoms with Gasteiger partial charge < -0.3 is 15.0 Å². The first-order chi connectivity index (χ1) is 8.67. The van der Waals surface area contributed by atoms with Crippen LogP contribution in [0.1, 0.15) is 55.6 Å². The number of hydrogen-bond donors (Lipinski definition) is 1. The van der Waals surface area contributed by atoms with Crippen LogP contribution in [0.15, 0.2) is 6.33 Å². The van der Waals surface area contributed by atoms with E-state index in [9.17, 15) is 4.79 Å². The molecule has 1 heterocycles. The fraction of sp³-hybridized carbons (Fsp3) is 0.692. The van der Waals surface area contributed by atoms with Gasteiger partial charge >= 0.3 is 5.97 Å². The first kappa shape index (κ1) is 12.9. The van der Waals surface area contributed by atoms with E-state index in [-0.39, 0.29) is 5.69 Å². The molecule has 1 aromatic heterocycles. The van der Waals surface area contributed by atoms with Crippen LogP contribution in [0.5, 0.6) is 0 Å². The molecule has 0 aromatic carbocycles. The molecule has 0 unspecified atom stereocenters. The van der Waals surface area contributed by atoms with Crippen LogP contribution in [0, 0.1) is 5.92 Å². The summed E-state index contributed by atoms with van der Waals surface area (Å²) >= 11 is 0. The molecule has 5 heteroatoms. The van der Waals surface area contributed by atoms with E-state index >= 15 is 0 Å². The van der Waals surface area contributed by atoms with Gasteiger partial charge in [-0.25, -0.2) is 9.78 Å². The number of esters is 1. The van der Waals surface area contributed by atoms with E-state index in [1.807, 2.05) is 4.57 Å².